The van der Waals surface area contributed by atoms with Gasteiger partial charge in [0.1, 0.15) is 0 Å². The van der Waals surface area contributed by atoms with Crippen molar-refractivity contribution in [2.75, 3.05) is 0 Å². The molecule has 0 saturated heterocycles. The summed E-state index contributed by atoms with van der Waals surface area (Å²) in [7, 11) is 0. The van der Waals surface area contributed by atoms with Gasteiger partial charge in [-0.05, 0) is 51.5 Å². The summed E-state index contributed by atoms with van der Waals surface area (Å²) < 4.78 is 1.74. The van der Waals surface area contributed by atoms with Gasteiger partial charge in [-0.3, -0.25) is 4.79 Å². The predicted octanol–water partition coefficient (Wildman–Crippen LogP) is 3.75. The standard InChI is InChI=1S/C16H20ClN3O/c1-5-16(3,4)19-15(21)14-10-18-20(11(14)2)13-8-6-12(17)7-9-13/h6-10H,5H2,1-4H3,(H,19,21). The Labute approximate surface area is 130 Å². The number of rotatable bonds is 4. The molecule has 0 aliphatic carbocycles. The van der Waals surface area contributed by atoms with E-state index in [9.17, 15) is 4.79 Å². The fourth-order valence-electron chi connectivity index (χ4n) is 1.94. The number of hydrogen-bond acceptors (Lipinski definition) is 2. The number of hydrogen-bond donors (Lipinski definition) is 1. The second-order valence-corrected chi connectivity index (χ2v) is 6.16. The van der Waals surface area contributed by atoms with Crippen LogP contribution >= 0.6 is 11.6 Å². The average molecular weight is 306 g/mol. The lowest BCUT2D eigenvalue weighted by molar-refractivity contribution is 0.0910. The molecule has 1 aromatic carbocycles. The zero-order valence-corrected chi connectivity index (χ0v) is 13.5. The normalized spacial score (nSPS) is 11.5. The van der Waals surface area contributed by atoms with Crippen molar-refractivity contribution in [3.8, 4) is 5.69 Å². The number of carbonyl (C=O) groups is 1. The van der Waals surface area contributed by atoms with Crippen LogP contribution in [0.5, 0.6) is 0 Å². The van der Waals surface area contributed by atoms with E-state index in [4.69, 9.17) is 11.6 Å². The van der Waals surface area contributed by atoms with Crippen LogP contribution in [0.25, 0.3) is 5.69 Å². The van der Waals surface area contributed by atoms with Gasteiger partial charge in [0, 0.05) is 10.6 Å². The SMILES string of the molecule is CCC(C)(C)NC(=O)c1cnn(-c2ccc(Cl)cc2)c1C. The van der Waals surface area contributed by atoms with Gasteiger partial charge >= 0.3 is 0 Å². The van der Waals surface area contributed by atoms with Crippen molar-refractivity contribution in [3.05, 3.63) is 46.7 Å². The second-order valence-electron chi connectivity index (χ2n) is 5.72. The van der Waals surface area contributed by atoms with Gasteiger partial charge in [-0.2, -0.15) is 5.10 Å². The smallest absolute Gasteiger partial charge is 0.255 e. The Morgan fingerprint density at radius 3 is 2.52 bits per heavy atom. The van der Waals surface area contributed by atoms with Crippen LogP contribution in [0.2, 0.25) is 5.02 Å². The van der Waals surface area contributed by atoms with Crippen molar-refractivity contribution in [1.82, 2.24) is 15.1 Å². The summed E-state index contributed by atoms with van der Waals surface area (Å²) in [6, 6.07) is 7.36. The first-order chi connectivity index (χ1) is 9.84. The van der Waals surface area contributed by atoms with E-state index < -0.39 is 0 Å². The summed E-state index contributed by atoms with van der Waals surface area (Å²) >= 11 is 5.89. The van der Waals surface area contributed by atoms with Gasteiger partial charge in [0.25, 0.3) is 5.91 Å². The molecule has 1 amide bonds. The number of aromatic nitrogens is 2. The molecule has 1 N–H and O–H groups in total. The molecule has 0 bridgehead atoms. The Morgan fingerprint density at radius 1 is 1.33 bits per heavy atom. The van der Waals surface area contributed by atoms with Crippen molar-refractivity contribution in [1.29, 1.82) is 0 Å². The zero-order chi connectivity index (χ0) is 15.6. The number of nitrogens with zero attached hydrogens (tertiary/aromatic N) is 2. The Balaban J connectivity index is 2.28. The average Bonchev–Trinajstić information content (AvgIpc) is 2.81. The molecule has 112 valence electrons. The summed E-state index contributed by atoms with van der Waals surface area (Å²) in [5, 5.41) is 8.00. The van der Waals surface area contributed by atoms with Crippen LogP contribution in [-0.2, 0) is 0 Å². The van der Waals surface area contributed by atoms with E-state index in [0.29, 0.717) is 10.6 Å². The maximum atomic E-state index is 12.4. The van der Waals surface area contributed by atoms with Gasteiger partial charge in [-0.25, -0.2) is 4.68 Å². The Hall–Kier alpha value is -1.81. The summed E-state index contributed by atoms with van der Waals surface area (Å²) in [6.07, 6.45) is 2.47. The van der Waals surface area contributed by atoms with Gasteiger partial charge in [0.2, 0.25) is 0 Å². The summed E-state index contributed by atoms with van der Waals surface area (Å²) in [4.78, 5) is 12.4. The molecule has 4 nitrogen and oxygen atoms in total. The number of nitrogens with one attached hydrogen (secondary N) is 1. The first kappa shape index (κ1) is 15.6. The van der Waals surface area contributed by atoms with Crippen LogP contribution in [0.1, 0.15) is 43.2 Å². The van der Waals surface area contributed by atoms with E-state index in [0.717, 1.165) is 17.8 Å². The highest BCUT2D eigenvalue weighted by molar-refractivity contribution is 6.30. The van der Waals surface area contributed by atoms with Crippen molar-refractivity contribution >= 4 is 17.5 Å². The third kappa shape index (κ3) is 3.45. The number of halogens is 1. The van der Waals surface area contributed by atoms with Crippen molar-refractivity contribution in [3.63, 3.8) is 0 Å². The molecule has 2 rings (SSSR count). The lowest BCUT2D eigenvalue weighted by Crippen LogP contribution is -2.42. The first-order valence-electron chi connectivity index (χ1n) is 6.97. The third-order valence-electron chi connectivity index (χ3n) is 3.66. The summed E-state index contributed by atoms with van der Waals surface area (Å²) in [6.45, 7) is 7.94. The molecular formula is C16H20ClN3O. The minimum atomic E-state index is -0.230. The molecule has 0 unspecified atom stereocenters. The van der Waals surface area contributed by atoms with Gasteiger partial charge in [-0.15, -0.1) is 0 Å². The molecule has 0 saturated carbocycles. The molecule has 0 radical (unpaired) electrons. The van der Waals surface area contributed by atoms with Gasteiger partial charge < -0.3 is 5.32 Å². The second kappa shape index (κ2) is 5.90. The molecule has 21 heavy (non-hydrogen) atoms. The first-order valence-corrected chi connectivity index (χ1v) is 7.35. The maximum Gasteiger partial charge on any atom is 0.255 e. The number of carbonyl (C=O) groups excluding carboxylic acids is 1. The minimum Gasteiger partial charge on any atom is -0.347 e. The molecule has 0 aliphatic heterocycles. The van der Waals surface area contributed by atoms with E-state index in [1.165, 1.54) is 0 Å². The van der Waals surface area contributed by atoms with Crippen molar-refractivity contribution < 1.29 is 4.79 Å². The van der Waals surface area contributed by atoms with E-state index in [1.54, 1.807) is 23.0 Å². The highest BCUT2D eigenvalue weighted by Gasteiger charge is 2.22. The van der Waals surface area contributed by atoms with E-state index in [1.807, 2.05) is 39.8 Å². The molecule has 0 fully saturated rings. The number of benzene rings is 1. The van der Waals surface area contributed by atoms with Crippen LogP contribution < -0.4 is 5.32 Å². The fourth-order valence-corrected chi connectivity index (χ4v) is 2.06. The van der Waals surface area contributed by atoms with E-state index >= 15 is 0 Å². The fraction of sp³-hybridized carbons (Fsp3) is 0.375. The van der Waals surface area contributed by atoms with Gasteiger partial charge in [0.05, 0.1) is 23.1 Å². The summed E-state index contributed by atoms with van der Waals surface area (Å²) in [5.74, 6) is -0.0976. The van der Waals surface area contributed by atoms with Crippen molar-refractivity contribution in [2.45, 2.75) is 39.7 Å². The highest BCUT2D eigenvalue weighted by Crippen LogP contribution is 2.18. The molecular weight excluding hydrogens is 286 g/mol. The molecule has 0 aliphatic rings. The Bertz CT molecular complexity index is 644. The van der Waals surface area contributed by atoms with Crippen LogP contribution in [0.15, 0.2) is 30.5 Å². The maximum absolute atomic E-state index is 12.4. The molecule has 0 atom stereocenters. The van der Waals surface area contributed by atoms with Crippen LogP contribution in [0.4, 0.5) is 0 Å². The van der Waals surface area contributed by atoms with Crippen LogP contribution in [0.3, 0.4) is 0 Å². The lowest BCUT2D eigenvalue weighted by Gasteiger charge is -2.24. The predicted molar refractivity (Wildman–Crippen MR) is 85.1 cm³/mol. The summed E-state index contributed by atoms with van der Waals surface area (Å²) in [5.41, 5.74) is 2.05. The minimum absolute atomic E-state index is 0.0976. The van der Waals surface area contributed by atoms with Crippen molar-refractivity contribution in [2.24, 2.45) is 0 Å². The monoisotopic (exact) mass is 305 g/mol. The number of amides is 1. The lowest BCUT2D eigenvalue weighted by atomic mass is 10.0. The highest BCUT2D eigenvalue weighted by atomic mass is 35.5. The van der Waals surface area contributed by atoms with Gasteiger partial charge in [0.15, 0.2) is 0 Å². The van der Waals surface area contributed by atoms with Gasteiger partial charge in [-0.1, -0.05) is 18.5 Å². The van der Waals surface area contributed by atoms with Crippen LogP contribution in [-0.4, -0.2) is 21.2 Å². The molecule has 1 heterocycles. The Morgan fingerprint density at radius 2 is 1.95 bits per heavy atom. The van der Waals surface area contributed by atoms with Crippen LogP contribution in [0, 0.1) is 6.92 Å². The largest absolute Gasteiger partial charge is 0.347 e. The molecule has 5 heteroatoms. The third-order valence-corrected chi connectivity index (χ3v) is 3.91. The quantitative estimate of drug-likeness (QED) is 0.935. The molecule has 2 aromatic rings. The zero-order valence-electron chi connectivity index (χ0n) is 12.8. The topological polar surface area (TPSA) is 46.9 Å². The van der Waals surface area contributed by atoms with E-state index in [2.05, 4.69) is 10.4 Å². The Kier molecular flexibility index (Phi) is 4.37. The molecule has 1 aromatic heterocycles. The molecule has 0 spiro atoms. The van der Waals surface area contributed by atoms with E-state index in [-0.39, 0.29) is 11.4 Å².